The average molecular weight is 382 g/mol. The monoisotopic (exact) mass is 381 g/mol. The van der Waals surface area contributed by atoms with Gasteiger partial charge in [0.2, 0.25) is 0 Å². The zero-order valence-corrected chi connectivity index (χ0v) is 15.0. The van der Waals surface area contributed by atoms with E-state index in [1.54, 1.807) is 0 Å². The highest BCUT2D eigenvalue weighted by atomic mass is 79.9. The normalized spacial score (nSPS) is 11.1. The van der Waals surface area contributed by atoms with Crippen LogP contribution in [-0.4, -0.2) is 9.38 Å². The van der Waals surface area contributed by atoms with Crippen molar-refractivity contribution in [2.75, 3.05) is 5.32 Å². The Kier molecular flexibility index (Phi) is 3.65. The lowest BCUT2D eigenvalue weighted by atomic mass is 10.2. The number of hydrogen-bond donors (Lipinski definition) is 1. The molecule has 0 unspecified atom stereocenters. The summed E-state index contributed by atoms with van der Waals surface area (Å²) in [5.41, 5.74) is 5.01. The van der Waals surface area contributed by atoms with E-state index < -0.39 is 0 Å². The second-order valence-electron chi connectivity index (χ2n) is 5.76. The molecule has 0 fully saturated rings. The molecule has 3 aromatic heterocycles. The van der Waals surface area contributed by atoms with Crippen molar-refractivity contribution in [3.05, 3.63) is 70.5 Å². The van der Waals surface area contributed by atoms with Crippen molar-refractivity contribution in [2.45, 2.75) is 13.8 Å². The molecule has 120 valence electrons. The Bertz CT molecular complexity index is 1010. The number of anilines is 2. The van der Waals surface area contributed by atoms with Crippen molar-refractivity contribution in [1.29, 1.82) is 0 Å². The van der Waals surface area contributed by atoms with Crippen LogP contribution >= 0.6 is 15.9 Å². The van der Waals surface area contributed by atoms with E-state index in [2.05, 4.69) is 69.8 Å². The van der Waals surface area contributed by atoms with Crippen molar-refractivity contribution in [3.8, 4) is 11.5 Å². The third-order valence-electron chi connectivity index (χ3n) is 3.96. The smallest absolute Gasteiger partial charge is 0.169 e. The number of benzene rings is 1. The van der Waals surface area contributed by atoms with Crippen LogP contribution in [0.1, 0.15) is 11.3 Å². The van der Waals surface area contributed by atoms with Gasteiger partial charge in [-0.15, -0.1) is 0 Å². The Labute approximate surface area is 148 Å². The summed E-state index contributed by atoms with van der Waals surface area (Å²) in [5, 5.41) is 3.50. The van der Waals surface area contributed by atoms with Crippen LogP contribution < -0.4 is 5.32 Å². The predicted molar refractivity (Wildman–Crippen MR) is 99.8 cm³/mol. The summed E-state index contributed by atoms with van der Waals surface area (Å²) < 4.78 is 8.53. The molecule has 24 heavy (non-hydrogen) atoms. The Morgan fingerprint density at radius 2 is 1.79 bits per heavy atom. The van der Waals surface area contributed by atoms with Gasteiger partial charge in [0.15, 0.2) is 10.4 Å². The summed E-state index contributed by atoms with van der Waals surface area (Å²) in [7, 11) is 0. The summed E-state index contributed by atoms with van der Waals surface area (Å²) in [6, 6.07) is 18.2. The summed E-state index contributed by atoms with van der Waals surface area (Å²) in [6.45, 7) is 4.14. The van der Waals surface area contributed by atoms with Gasteiger partial charge in [0.05, 0.1) is 0 Å². The minimum Gasteiger partial charge on any atom is -0.448 e. The topological polar surface area (TPSA) is 42.5 Å². The SMILES string of the molecule is Cc1ccc(Nc2c(-c3ccc(Br)o3)nc3cccc(C)n23)cc1. The van der Waals surface area contributed by atoms with Gasteiger partial charge in [-0.05, 0) is 66.2 Å². The highest BCUT2D eigenvalue weighted by Crippen LogP contribution is 2.34. The second-order valence-corrected chi connectivity index (χ2v) is 6.55. The van der Waals surface area contributed by atoms with Crippen molar-refractivity contribution >= 4 is 33.1 Å². The number of rotatable bonds is 3. The van der Waals surface area contributed by atoms with Gasteiger partial charge in [0.1, 0.15) is 17.2 Å². The molecule has 4 rings (SSSR count). The minimum atomic E-state index is 0.688. The lowest BCUT2D eigenvalue weighted by Crippen LogP contribution is -1.99. The standard InChI is InChI=1S/C19H16BrN3O/c1-12-6-8-14(9-7-12)21-19-18(15-10-11-16(20)24-15)22-17-5-3-4-13(2)23(17)19/h3-11,21H,1-2H3. The number of halogens is 1. The van der Waals surface area contributed by atoms with E-state index in [9.17, 15) is 0 Å². The Morgan fingerprint density at radius 1 is 1.00 bits per heavy atom. The lowest BCUT2D eigenvalue weighted by molar-refractivity contribution is 0.554. The third-order valence-corrected chi connectivity index (χ3v) is 4.39. The number of aryl methyl sites for hydroxylation is 2. The van der Waals surface area contributed by atoms with Crippen molar-refractivity contribution in [1.82, 2.24) is 9.38 Å². The van der Waals surface area contributed by atoms with Gasteiger partial charge in [0, 0.05) is 11.4 Å². The van der Waals surface area contributed by atoms with Crippen LogP contribution in [0.3, 0.4) is 0 Å². The van der Waals surface area contributed by atoms with E-state index >= 15 is 0 Å². The van der Waals surface area contributed by atoms with E-state index in [4.69, 9.17) is 9.40 Å². The van der Waals surface area contributed by atoms with Crippen molar-refractivity contribution in [3.63, 3.8) is 0 Å². The predicted octanol–water partition coefficient (Wildman–Crippen LogP) is 5.72. The van der Waals surface area contributed by atoms with Crippen molar-refractivity contribution in [2.24, 2.45) is 0 Å². The molecule has 0 amide bonds. The molecule has 0 aliphatic heterocycles. The number of imidazole rings is 1. The maximum absolute atomic E-state index is 5.74. The molecular formula is C19H16BrN3O. The molecule has 5 heteroatoms. The van der Waals surface area contributed by atoms with Gasteiger partial charge in [-0.1, -0.05) is 23.8 Å². The third kappa shape index (κ3) is 2.61. The number of fused-ring (bicyclic) bond motifs is 1. The number of furan rings is 1. The Morgan fingerprint density at radius 3 is 2.50 bits per heavy atom. The minimum absolute atomic E-state index is 0.688. The maximum atomic E-state index is 5.74. The van der Waals surface area contributed by atoms with E-state index in [-0.39, 0.29) is 0 Å². The number of pyridine rings is 1. The molecule has 4 nitrogen and oxygen atoms in total. The molecule has 0 bridgehead atoms. The molecule has 0 atom stereocenters. The Balaban J connectivity index is 1.91. The summed E-state index contributed by atoms with van der Waals surface area (Å²) in [4.78, 5) is 4.76. The van der Waals surface area contributed by atoms with Crippen LogP contribution in [0.4, 0.5) is 11.5 Å². The van der Waals surface area contributed by atoms with E-state index in [0.29, 0.717) is 4.67 Å². The second kappa shape index (κ2) is 5.83. The molecule has 1 aromatic carbocycles. The largest absolute Gasteiger partial charge is 0.448 e. The Hall–Kier alpha value is -2.53. The van der Waals surface area contributed by atoms with E-state index in [1.165, 1.54) is 5.56 Å². The molecule has 3 heterocycles. The molecule has 0 radical (unpaired) electrons. The van der Waals surface area contributed by atoms with Crippen LogP contribution in [0.2, 0.25) is 0 Å². The fourth-order valence-corrected chi connectivity index (χ4v) is 3.06. The quantitative estimate of drug-likeness (QED) is 0.493. The van der Waals surface area contributed by atoms with E-state index in [0.717, 1.165) is 34.3 Å². The molecule has 0 aliphatic rings. The first-order valence-electron chi connectivity index (χ1n) is 7.69. The van der Waals surface area contributed by atoms with Gasteiger partial charge >= 0.3 is 0 Å². The summed E-state index contributed by atoms with van der Waals surface area (Å²) >= 11 is 3.37. The highest BCUT2D eigenvalue weighted by Gasteiger charge is 2.18. The van der Waals surface area contributed by atoms with Crippen LogP contribution in [-0.2, 0) is 0 Å². The molecular weight excluding hydrogens is 366 g/mol. The number of aromatic nitrogens is 2. The van der Waals surface area contributed by atoms with Gasteiger partial charge < -0.3 is 9.73 Å². The average Bonchev–Trinajstić information content (AvgIpc) is 3.14. The zero-order valence-electron chi connectivity index (χ0n) is 13.4. The zero-order chi connectivity index (χ0) is 16.7. The first kappa shape index (κ1) is 15.0. The molecule has 0 aliphatic carbocycles. The summed E-state index contributed by atoms with van der Waals surface area (Å²) in [6.07, 6.45) is 0. The van der Waals surface area contributed by atoms with Gasteiger partial charge in [0.25, 0.3) is 0 Å². The number of nitrogens with one attached hydrogen (secondary N) is 1. The van der Waals surface area contributed by atoms with Crippen LogP contribution in [0.5, 0.6) is 0 Å². The summed E-state index contributed by atoms with van der Waals surface area (Å²) in [5.74, 6) is 1.62. The maximum Gasteiger partial charge on any atom is 0.169 e. The van der Waals surface area contributed by atoms with Crippen LogP contribution in [0.15, 0.2) is 63.7 Å². The fourth-order valence-electron chi connectivity index (χ4n) is 2.76. The number of nitrogens with zero attached hydrogens (tertiary/aromatic N) is 2. The van der Waals surface area contributed by atoms with Crippen molar-refractivity contribution < 1.29 is 4.42 Å². The first-order valence-corrected chi connectivity index (χ1v) is 8.48. The van der Waals surface area contributed by atoms with E-state index in [1.807, 2.05) is 24.3 Å². The molecule has 1 N–H and O–H groups in total. The first-order chi connectivity index (χ1) is 11.6. The van der Waals surface area contributed by atoms with Crippen LogP contribution in [0.25, 0.3) is 17.1 Å². The van der Waals surface area contributed by atoms with Crippen LogP contribution in [0, 0.1) is 13.8 Å². The van der Waals surface area contributed by atoms with Gasteiger partial charge in [-0.2, -0.15) is 0 Å². The molecule has 4 aromatic rings. The molecule has 0 spiro atoms. The van der Waals surface area contributed by atoms with Gasteiger partial charge in [-0.25, -0.2) is 4.98 Å². The molecule has 0 saturated carbocycles. The highest BCUT2D eigenvalue weighted by molar-refractivity contribution is 9.10. The number of hydrogen-bond acceptors (Lipinski definition) is 3. The lowest BCUT2D eigenvalue weighted by Gasteiger charge is -2.10. The fraction of sp³-hybridized carbons (Fsp3) is 0.105. The van der Waals surface area contributed by atoms with Gasteiger partial charge in [-0.3, -0.25) is 4.40 Å². The molecule has 0 saturated heterocycles.